The van der Waals surface area contributed by atoms with Crippen LogP contribution >= 0.6 is 0 Å². The van der Waals surface area contributed by atoms with Crippen molar-refractivity contribution in [3.63, 3.8) is 0 Å². The highest BCUT2D eigenvalue weighted by atomic mass is 19.4. The van der Waals surface area contributed by atoms with Crippen molar-refractivity contribution in [2.24, 2.45) is 5.92 Å². The number of hydrogen-bond acceptors (Lipinski definition) is 3. The number of fused-ring (bicyclic) bond motifs is 1. The van der Waals surface area contributed by atoms with Crippen molar-refractivity contribution in [1.29, 1.82) is 0 Å². The van der Waals surface area contributed by atoms with Crippen molar-refractivity contribution in [2.75, 3.05) is 20.2 Å². The molecule has 2 aliphatic heterocycles. The van der Waals surface area contributed by atoms with Crippen LogP contribution in [0.25, 0.3) is 0 Å². The number of nitrogens with zero attached hydrogens (tertiary/aromatic N) is 3. The number of ether oxygens (including phenoxy) is 1. The SMILES string of the molecule is CN(CC1CCc2nc(C(F)(F)F)cn2C1)C(=O)CC1CCCCO1. The summed E-state index contributed by atoms with van der Waals surface area (Å²) in [6, 6.07) is 0. The molecule has 1 saturated heterocycles. The van der Waals surface area contributed by atoms with Gasteiger partial charge in [-0.25, -0.2) is 4.98 Å². The molecule has 2 atom stereocenters. The maximum absolute atomic E-state index is 12.8. The van der Waals surface area contributed by atoms with E-state index in [-0.39, 0.29) is 17.9 Å². The molecule has 3 rings (SSSR count). The third-order valence-corrected chi connectivity index (χ3v) is 5.01. The highest BCUT2D eigenvalue weighted by Gasteiger charge is 2.36. The first-order chi connectivity index (χ1) is 11.8. The fourth-order valence-electron chi connectivity index (χ4n) is 3.61. The molecule has 25 heavy (non-hydrogen) atoms. The second kappa shape index (κ2) is 7.35. The summed E-state index contributed by atoms with van der Waals surface area (Å²) in [4.78, 5) is 17.7. The number of hydrogen-bond donors (Lipinski definition) is 0. The smallest absolute Gasteiger partial charge is 0.378 e. The molecule has 0 aromatic carbocycles. The maximum atomic E-state index is 12.8. The Labute approximate surface area is 145 Å². The lowest BCUT2D eigenvalue weighted by Crippen LogP contribution is -2.37. The van der Waals surface area contributed by atoms with Crippen LogP contribution in [0.5, 0.6) is 0 Å². The zero-order valence-corrected chi connectivity index (χ0v) is 14.4. The molecule has 0 N–H and O–H groups in total. The molecule has 1 fully saturated rings. The zero-order valence-electron chi connectivity index (χ0n) is 14.4. The molecule has 5 nitrogen and oxygen atoms in total. The van der Waals surface area contributed by atoms with E-state index >= 15 is 0 Å². The van der Waals surface area contributed by atoms with Crippen LogP contribution in [0.2, 0.25) is 0 Å². The summed E-state index contributed by atoms with van der Waals surface area (Å²) in [5, 5.41) is 0. The lowest BCUT2D eigenvalue weighted by atomic mass is 9.98. The van der Waals surface area contributed by atoms with Gasteiger partial charge in [-0.1, -0.05) is 0 Å². The van der Waals surface area contributed by atoms with E-state index in [1.54, 1.807) is 16.5 Å². The van der Waals surface area contributed by atoms with E-state index < -0.39 is 11.9 Å². The standard InChI is InChI=1S/C17H24F3N3O2/c1-22(16(24)8-13-4-2-3-7-25-13)9-12-5-6-15-21-14(17(18,19)20)11-23(15)10-12/h11-13H,2-10H2,1H3. The number of amides is 1. The topological polar surface area (TPSA) is 47.4 Å². The Balaban J connectivity index is 1.53. The van der Waals surface area contributed by atoms with E-state index in [9.17, 15) is 18.0 Å². The van der Waals surface area contributed by atoms with Gasteiger partial charge in [0.15, 0.2) is 5.69 Å². The first kappa shape index (κ1) is 18.2. The van der Waals surface area contributed by atoms with Crippen molar-refractivity contribution in [3.05, 3.63) is 17.7 Å². The number of rotatable bonds is 4. The second-order valence-corrected chi connectivity index (χ2v) is 7.06. The minimum absolute atomic E-state index is 0.00431. The van der Waals surface area contributed by atoms with Gasteiger partial charge in [0.1, 0.15) is 5.82 Å². The van der Waals surface area contributed by atoms with E-state index in [1.165, 1.54) is 0 Å². The van der Waals surface area contributed by atoms with E-state index in [4.69, 9.17) is 4.74 Å². The van der Waals surface area contributed by atoms with Crippen LogP contribution < -0.4 is 0 Å². The lowest BCUT2D eigenvalue weighted by molar-refractivity contribution is -0.141. The first-order valence-corrected chi connectivity index (χ1v) is 8.81. The van der Waals surface area contributed by atoms with Gasteiger partial charge in [0.05, 0.1) is 12.5 Å². The summed E-state index contributed by atoms with van der Waals surface area (Å²) in [7, 11) is 1.76. The summed E-state index contributed by atoms with van der Waals surface area (Å²) in [5.74, 6) is 0.663. The number of halogens is 3. The summed E-state index contributed by atoms with van der Waals surface area (Å²) >= 11 is 0. The molecule has 1 aromatic heterocycles. The summed E-state index contributed by atoms with van der Waals surface area (Å²) in [6.45, 7) is 1.73. The molecule has 2 unspecified atom stereocenters. The van der Waals surface area contributed by atoms with Crippen LogP contribution in [0.3, 0.4) is 0 Å². The van der Waals surface area contributed by atoms with Crippen LogP contribution in [0.15, 0.2) is 6.20 Å². The molecule has 140 valence electrons. The summed E-state index contributed by atoms with van der Waals surface area (Å²) in [5.41, 5.74) is -0.831. The Morgan fingerprint density at radius 3 is 2.88 bits per heavy atom. The van der Waals surface area contributed by atoms with Gasteiger partial charge in [0.25, 0.3) is 0 Å². The van der Waals surface area contributed by atoms with Crippen LogP contribution in [-0.2, 0) is 28.7 Å². The predicted octanol–water partition coefficient (Wildman–Crippen LogP) is 2.88. The monoisotopic (exact) mass is 359 g/mol. The number of carbonyl (C=O) groups excluding carboxylic acids is 1. The number of aryl methyl sites for hydroxylation is 1. The van der Waals surface area contributed by atoms with Crippen LogP contribution in [-0.4, -0.2) is 46.7 Å². The van der Waals surface area contributed by atoms with Crippen LogP contribution in [0, 0.1) is 5.92 Å². The molecule has 1 amide bonds. The van der Waals surface area contributed by atoms with Crippen molar-refractivity contribution in [2.45, 2.75) is 57.3 Å². The predicted molar refractivity (Wildman–Crippen MR) is 84.9 cm³/mol. The number of alkyl halides is 3. The minimum Gasteiger partial charge on any atom is -0.378 e. The van der Waals surface area contributed by atoms with Crippen molar-refractivity contribution in [1.82, 2.24) is 14.5 Å². The van der Waals surface area contributed by atoms with Gasteiger partial charge in [-0.3, -0.25) is 4.79 Å². The van der Waals surface area contributed by atoms with E-state index in [2.05, 4.69) is 4.98 Å². The normalized spacial score (nSPS) is 24.0. The molecular weight excluding hydrogens is 335 g/mol. The summed E-state index contributed by atoms with van der Waals surface area (Å²) < 4.78 is 45.5. The maximum Gasteiger partial charge on any atom is 0.434 e. The van der Waals surface area contributed by atoms with Gasteiger partial charge in [-0.15, -0.1) is 0 Å². The van der Waals surface area contributed by atoms with Crippen LogP contribution in [0.4, 0.5) is 13.2 Å². The fourth-order valence-corrected chi connectivity index (χ4v) is 3.61. The Bertz CT molecular complexity index is 609. The Morgan fingerprint density at radius 1 is 1.40 bits per heavy atom. The second-order valence-electron chi connectivity index (χ2n) is 7.06. The van der Waals surface area contributed by atoms with Crippen molar-refractivity contribution < 1.29 is 22.7 Å². The molecular formula is C17H24F3N3O2. The highest BCUT2D eigenvalue weighted by molar-refractivity contribution is 5.76. The van der Waals surface area contributed by atoms with Gasteiger partial charge >= 0.3 is 6.18 Å². The molecule has 0 radical (unpaired) electrons. The molecule has 0 saturated carbocycles. The number of carbonyl (C=O) groups is 1. The molecule has 3 heterocycles. The van der Waals surface area contributed by atoms with Crippen LogP contribution in [0.1, 0.15) is 43.6 Å². The third kappa shape index (κ3) is 4.54. The van der Waals surface area contributed by atoms with E-state index in [1.807, 2.05) is 0 Å². The molecule has 0 spiro atoms. The van der Waals surface area contributed by atoms with Crippen molar-refractivity contribution in [3.8, 4) is 0 Å². The Hall–Kier alpha value is -1.57. The van der Waals surface area contributed by atoms with E-state index in [0.717, 1.165) is 38.5 Å². The third-order valence-electron chi connectivity index (χ3n) is 5.01. The minimum atomic E-state index is -4.41. The lowest BCUT2D eigenvalue weighted by Gasteiger charge is -2.29. The molecule has 0 bridgehead atoms. The molecule has 1 aromatic rings. The quantitative estimate of drug-likeness (QED) is 0.831. The van der Waals surface area contributed by atoms with Gasteiger partial charge in [0.2, 0.25) is 5.91 Å². The Morgan fingerprint density at radius 2 is 2.20 bits per heavy atom. The Kier molecular flexibility index (Phi) is 5.36. The number of aromatic nitrogens is 2. The summed E-state index contributed by atoms with van der Waals surface area (Å²) in [6.07, 6.45) is 1.38. The van der Waals surface area contributed by atoms with Gasteiger partial charge in [-0.05, 0) is 31.6 Å². The highest BCUT2D eigenvalue weighted by Crippen LogP contribution is 2.30. The zero-order chi connectivity index (χ0) is 18.0. The van der Waals surface area contributed by atoms with Crippen molar-refractivity contribution >= 4 is 5.91 Å². The molecule has 0 aliphatic carbocycles. The molecule has 8 heteroatoms. The average Bonchev–Trinajstić information content (AvgIpc) is 2.99. The van der Waals surface area contributed by atoms with E-state index in [0.29, 0.717) is 31.8 Å². The average molecular weight is 359 g/mol. The van der Waals surface area contributed by atoms with Gasteiger partial charge < -0.3 is 14.2 Å². The fraction of sp³-hybridized carbons (Fsp3) is 0.765. The molecule has 2 aliphatic rings. The number of imidazole rings is 1. The largest absolute Gasteiger partial charge is 0.434 e. The first-order valence-electron chi connectivity index (χ1n) is 8.81. The van der Waals surface area contributed by atoms with Gasteiger partial charge in [0, 0.05) is 39.4 Å². The van der Waals surface area contributed by atoms with Gasteiger partial charge in [-0.2, -0.15) is 13.2 Å².